The van der Waals surface area contributed by atoms with Gasteiger partial charge in [0.1, 0.15) is 6.61 Å². The maximum absolute atomic E-state index is 12.2. The number of methoxy groups -OCH3 is 2. The molecule has 1 aliphatic rings. The van der Waals surface area contributed by atoms with Crippen LogP contribution in [0, 0.1) is 0 Å². The van der Waals surface area contributed by atoms with Crippen LogP contribution < -0.4 is 11.1 Å². The van der Waals surface area contributed by atoms with E-state index in [2.05, 4.69) is 5.32 Å². The number of hydrogen-bond acceptors (Lipinski definition) is 5. The van der Waals surface area contributed by atoms with Crippen LogP contribution in [-0.4, -0.2) is 69.3 Å². The molecule has 1 fully saturated rings. The van der Waals surface area contributed by atoms with Crippen LogP contribution in [0.15, 0.2) is 0 Å². The van der Waals surface area contributed by atoms with E-state index in [9.17, 15) is 9.59 Å². The van der Waals surface area contributed by atoms with Gasteiger partial charge in [0.05, 0.1) is 6.04 Å². The number of carbonyl (C=O) groups excluding carboxylic acids is 2. The highest BCUT2D eigenvalue weighted by atomic mass is 16.5. The molecule has 21 heavy (non-hydrogen) atoms. The number of nitrogens with one attached hydrogen (secondary N) is 1. The van der Waals surface area contributed by atoms with Crippen molar-refractivity contribution in [2.45, 2.75) is 37.8 Å². The van der Waals surface area contributed by atoms with Crippen LogP contribution in [0.2, 0.25) is 0 Å². The van der Waals surface area contributed by atoms with E-state index < -0.39 is 6.04 Å². The van der Waals surface area contributed by atoms with E-state index in [1.165, 1.54) is 7.11 Å². The third-order valence-electron chi connectivity index (χ3n) is 3.63. The first-order valence-electron chi connectivity index (χ1n) is 7.40. The molecule has 0 aliphatic carbocycles. The van der Waals surface area contributed by atoms with Crippen LogP contribution in [0.3, 0.4) is 0 Å². The molecule has 0 spiro atoms. The summed E-state index contributed by atoms with van der Waals surface area (Å²) in [6.45, 7) is 1.96. The third-order valence-corrected chi connectivity index (χ3v) is 3.63. The van der Waals surface area contributed by atoms with Gasteiger partial charge in [-0.1, -0.05) is 0 Å². The van der Waals surface area contributed by atoms with E-state index >= 15 is 0 Å². The molecule has 0 saturated carbocycles. The van der Waals surface area contributed by atoms with E-state index in [4.69, 9.17) is 15.2 Å². The van der Waals surface area contributed by atoms with Crippen LogP contribution in [-0.2, 0) is 19.1 Å². The number of nitrogens with zero attached hydrogens (tertiary/aromatic N) is 1. The largest absolute Gasteiger partial charge is 0.385 e. The molecular formula is C14H27N3O4. The number of hydrogen-bond donors (Lipinski definition) is 2. The van der Waals surface area contributed by atoms with Gasteiger partial charge in [-0.2, -0.15) is 0 Å². The van der Waals surface area contributed by atoms with Gasteiger partial charge in [0.2, 0.25) is 11.8 Å². The van der Waals surface area contributed by atoms with E-state index in [-0.39, 0.29) is 24.5 Å². The lowest BCUT2D eigenvalue weighted by Crippen LogP contribution is -2.51. The smallest absolute Gasteiger partial charge is 0.246 e. The van der Waals surface area contributed by atoms with Crippen molar-refractivity contribution in [3.63, 3.8) is 0 Å². The number of amides is 2. The van der Waals surface area contributed by atoms with Crippen molar-refractivity contribution in [2.75, 3.05) is 40.5 Å². The molecule has 1 heterocycles. The summed E-state index contributed by atoms with van der Waals surface area (Å²) in [5.41, 5.74) is 5.91. The number of carbonyl (C=O) groups is 2. The predicted molar refractivity (Wildman–Crippen MR) is 78.7 cm³/mol. The van der Waals surface area contributed by atoms with Crippen molar-refractivity contribution >= 4 is 11.8 Å². The number of nitrogens with two attached hydrogens (primary N) is 1. The average Bonchev–Trinajstić information content (AvgIpc) is 2.47. The van der Waals surface area contributed by atoms with E-state index in [1.807, 2.05) is 0 Å². The zero-order valence-electron chi connectivity index (χ0n) is 13.0. The molecule has 0 bridgehead atoms. The first kappa shape index (κ1) is 17.9. The van der Waals surface area contributed by atoms with Crippen molar-refractivity contribution in [2.24, 2.45) is 5.73 Å². The first-order valence-corrected chi connectivity index (χ1v) is 7.40. The van der Waals surface area contributed by atoms with Gasteiger partial charge in [-0.25, -0.2) is 0 Å². The lowest BCUT2D eigenvalue weighted by atomic mass is 10.0. The van der Waals surface area contributed by atoms with Crippen molar-refractivity contribution < 1.29 is 19.1 Å². The highest BCUT2D eigenvalue weighted by Crippen LogP contribution is 2.12. The Morgan fingerprint density at radius 3 is 2.52 bits per heavy atom. The Morgan fingerprint density at radius 1 is 1.29 bits per heavy atom. The Bertz CT molecular complexity index is 330. The summed E-state index contributed by atoms with van der Waals surface area (Å²) in [6, 6.07) is -0.346. The summed E-state index contributed by atoms with van der Waals surface area (Å²) in [5, 5.41) is 2.90. The molecule has 3 N–H and O–H groups in total. The van der Waals surface area contributed by atoms with Gasteiger partial charge in [0.25, 0.3) is 0 Å². The standard InChI is InChI=1S/C14H27N3O4/c1-20-9-3-4-12(15)14(19)17-7-5-11(6-8-17)16-13(18)10-21-2/h11-12H,3-10,15H2,1-2H3,(H,16,18). The van der Waals surface area contributed by atoms with Gasteiger partial charge in [-0.15, -0.1) is 0 Å². The van der Waals surface area contributed by atoms with E-state index in [1.54, 1.807) is 12.0 Å². The van der Waals surface area contributed by atoms with Gasteiger partial charge >= 0.3 is 0 Å². The molecule has 2 amide bonds. The second-order valence-electron chi connectivity index (χ2n) is 5.34. The number of likely N-dealkylation sites (tertiary alicyclic amines) is 1. The maximum atomic E-state index is 12.2. The van der Waals surface area contributed by atoms with Crippen LogP contribution in [0.4, 0.5) is 0 Å². The van der Waals surface area contributed by atoms with Crippen molar-refractivity contribution in [1.82, 2.24) is 10.2 Å². The topological polar surface area (TPSA) is 93.9 Å². The second kappa shape index (κ2) is 9.70. The van der Waals surface area contributed by atoms with Crippen LogP contribution in [0.1, 0.15) is 25.7 Å². The average molecular weight is 301 g/mol. The number of piperidine rings is 1. The quantitative estimate of drug-likeness (QED) is 0.589. The summed E-state index contributed by atoms with van der Waals surface area (Å²) in [5.74, 6) is -0.119. The normalized spacial score (nSPS) is 17.6. The van der Waals surface area contributed by atoms with Crippen molar-refractivity contribution in [1.29, 1.82) is 0 Å². The Balaban J connectivity index is 2.28. The first-order chi connectivity index (χ1) is 10.1. The molecule has 0 aromatic rings. The SMILES string of the molecule is COCCCC(N)C(=O)N1CCC(NC(=O)COC)CC1. The van der Waals surface area contributed by atoms with Crippen LogP contribution in [0.25, 0.3) is 0 Å². The monoisotopic (exact) mass is 301 g/mol. The Kier molecular flexibility index (Phi) is 8.26. The summed E-state index contributed by atoms with van der Waals surface area (Å²) in [6.07, 6.45) is 2.93. The molecule has 0 radical (unpaired) electrons. The molecule has 7 heteroatoms. The molecule has 1 aliphatic heterocycles. The fourth-order valence-corrected chi connectivity index (χ4v) is 2.45. The van der Waals surface area contributed by atoms with Gasteiger partial charge in [0.15, 0.2) is 0 Å². The minimum absolute atomic E-state index is 0.00669. The highest BCUT2D eigenvalue weighted by Gasteiger charge is 2.26. The summed E-state index contributed by atoms with van der Waals surface area (Å²) in [7, 11) is 3.13. The highest BCUT2D eigenvalue weighted by molar-refractivity contribution is 5.81. The van der Waals surface area contributed by atoms with Gasteiger partial charge in [-0.3, -0.25) is 9.59 Å². The lowest BCUT2D eigenvalue weighted by molar-refractivity contribution is -0.134. The van der Waals surface area contributed by atoms with Crippen LogP contribution in [0.5, 0.6) is 0 Å². The van der Waals surface area contributed by atoms with E-state index in [0.717, 1.165) is 19.3 Å². The molecule has 0 aromatic carbocycles. The molecule has 1 atom stereocenters. The third kappa shape index (κ3) is 6.41. The molecule has 1 unspecified atom stereocenters. The van der Waals surface area contributed by atoms with Gasteiger partial charge in [-0.05, 0) is 25.7 Å². The summed E-state index contributed by atoms with van der Waals surface area (Å²) >= 11 is 0. The Hall–Kier alpha value is -1.18. The molecular weight excluding hydrogens is 274 g/mol. The second-order valence-corrected chi connectivity index (χ2v) is 5.34. The predicted octanol–water partition coefficient (Wildman–Crippen LogP) is -0.506. The van der Waals surface area contributed by atoms with Crippen molar-refractivity contribution in [3.05, 3.63) is 0 Å². The van der Waals surface area contributed by atoms with Crippen LogP contribution >= 0.6 is 0 Å². The number of rotatable bonds is 8. The van der Waals surface area contributed by atoms with Gasteiger partial charge in [0, 0.05) is 40.0 Å². The number of ether oxygens (including phenoxy) is 2. The maximum Gasteiger partial charge on any atom is 0.246 e. The summed E-state index contributed by atoms with van der Waals surface area (Å²) in [4.78, 5) is 25.4. The van der Waals surface area contributed by atoms with E-state index in [0.29, 0.717) is 26.1 Å². The minimum Gasteiger partial charge on any atom is -0.385 e. The fraction of sp³-hybridized carbons (Fsp3) is 0.857. The molecule has 1 rings (SSSR count). The fourth-order valence-electron chi connectivity index (χ4n) is 2.45. The molecule has 122 valence electrons. The Labute approximate surface area is 126 Å². The minimum atomic E-state index is -0.459. The lowest BCUT2D eigenvalue weighted by Gasteiger charge is -2.33. The zero-order chi connectivity index (χ0) is 15.7. The molecule has 1 saturated heterocycles. The molecule has 7 nitrogen and oxygen atoms in total. The zero-order valence-corrected chi connectivity index (χ0v) is 13.0. The van der Waals surface area contributed by atoms with Crippen molar-refractivity contribution in [3.8, 4) is 0 Å². The Morgan fingerprint density at radius 2 is 1.95 bits per heavy atom. The summed E-state index contributed by atoms with van der Waals surface area (Å²) < 4.78 is 9.74. The molecule has 0 aromatic heterocycles. The van der Waals surface area contributed by atoms with Gasteiger partial charge < -0.3 is 25.4 Å².